The third kappa shape index (κ3) is 3.33. The number of nitrogens with one attached hydrogen (secondary N) is 2. The van der Waals surface area contributed by atoms with Gasteiger partial charge in [0.05, 0.1) is 14.2 Å². The van der Waals surface area contributed by atoms with Crippen LogP contribution in [-0.4, -0.2) is 25.1 Å². The lowest BCUT2D eigenvalue weighted by Crippen LogP contribution is -2.27. The van der Waals surface area contributed by atoms with Crippen molar-refractivity contribution in [1.29, 1.82) is 0 Å². The molecule has 1 heterocycles. The monoisotopic (exact) mass is 338 g/mol. The van der Waals surface area contributed by atoms with Gasteiger partial charge in [0.1, 0.15) is 17.1 Å². The Bertz CT molecular complexity index is 956. The van der Waals surface area contributed by atoms with Gasteiger partial charge in [-0.25, -0.2) is 0 Å². The average Bonchev–Trinajstić information content (AvgIpc) is 2.65. The number of H-pyrrole nitrogens is 1. The van der Waals surface area contributed by atoms with Crippen LogP contribution in [-0.2, 0) is 6.54 Å². The van der Waals surface area contributed by atoms with Crippen molar-refractivity contribution in [2.24, 2.45) is 0 Å². The number of para-hydroxylation sites is 1. The number of hydrogen-bond donors (Lipinski definition) is 2. The van der Waals surface area contributed by atoms with E-state index in [1.54, 1.807) is 24.3 Å². The van der Waals surface area contributed by atoms with Crippen molar-refractivity contribution in [3.05, 3.63) is 70.0 Å². The average molecular weight is 338 g/mol. The molecule has 0 saturated heterocycles. The molecule has 3 aromatic rings. The lowest BCUT2D eigenvalue weighted by atomic mass is 10.1. The first kappa shape index (κ1) is 16.6. The van der Waals surface area contributed by atoms with E-state index in [1.165, 1.54) is 14.2 Å². The Morgan fingerprint density at radius 1 is 1.04 bits per heavy atom. The Morgan fingerprint density at radius 3 is 2.40 bits per heavy atom. The minimum atomic E-state index is -0.373. The van der Waals surface area contributed by atoms with Crippen LogP contribution in [0.3, 0.4) is 0 Å². The summed E-state index contributed by atoms with van der Waals surface area (Å²) in [6.07, 6.45) is 0. The second-order valence-electron chi connectivity index (χ2n) is 5.43. The zero-order chi connectivity index (χ0) is 17.8. The summed E-state index contributed by atoms with van der Waals surface area (Å²) in [4.78, 5) is 27.6. The maximum absolute atomic E-state index is 12.6. The van der Waals surface area contributed by atoms with Crippen LogP contribution in [0.5, 0.6) is 11.5 Å². The van der Waals surface area contributed by atoms with E-state index in [0.717, 1.165) is 10.9 Å². The van der Waals surface area contributed by atoms with Gasteiger partial charge in [-0.15, -0.1) is 0 Å². The second-order valence-corrected chi connectivity index (χ2v) is 5.43. The quantitative estimate of drug-likeness (QED) is 0.749. The highest BCUT2D eigenvalue weighted by Gasteiger charge is 2.18. The summed E-state index contributed by atoms with van der Waals surface area (Å²) in [5.41, 5.74) is 1.30. The SMILES string of the molecule is COc1cccc(OC)c1C(=O)NCc1cc2ccccc2[nH]c1=O. The van der Waals surface area contributed by atoms with Gasteiger partial charge in [0.25, 0.3) is 11.5 Å². The molecule has 0 unspecified atom stereocenters. The summed E-state index contributed by atoms with van der Waals surface area (Å²) in [5.74, 6) is 0.440. The Morgan fingerprint density at radius 2 is 1.72 bits per heavy atom. The number of benzene rings is 2. The van der Waals surface area contributed by atoms with E-state index in [1.807, 2.05) is 24.3 Å². The molecule has 0 spiro atoms. The first-order valence-electron chi connectivity index (χ1n) is 7.74. The van der Waals surface area contributed by atoms with Crippen LogP contribution >= 0.6 is 0 Å². The molecule has 0 radical (unpaired) electrons. The van der Waals surface area contributed by atoms with Crippen LogP contribution in [0.4, 0.5) is 0 Å². The summed E-state index contributed by atoms with van der Waals surface area (Å²) >= 11 is 0. The molecular weight excluding hydrogens is 320 g/mol. The van der Waals surface area contributed by atoms with Crippen LogP contribution < -0.4 is 20.3 Å². The van der Waals surface area contributed by atoms with Gasteiger partial charge in [-0.1, -0.05) is 24.3 Å². The fourth-order valence-electron chi connectivity index (χ4n) is 2.66. The van der Waals surface area contributed by atoms with Gasteiger partial charge >= 0.3 is 0 Å². The third-order valence-electron chi connectivity index (χ3n) is 3.92. The van der Waals surface area contributed by atoms with Crippen molar-refractivity contribution < 1.29 is 14.3 Å². The van der Waals surface area contributed by atoms with E-state index < -0.39 is 0 Å². The number of hydrogen-bond acceptors (Lipinski definition) is 4. The molecule has 0 aliphatic rings. The largest absolute Gasteiger partial charge is 0.496 e. The molecule has 0 bridgehead atoms. The van der Waals surface area contributed by atoms with Crippen LogP contribution in [0.1, 0.15) is 15.9 Å². The topological polar surface area (TPSA) is 80.4 Å². The zero-order valence-electron chi connectivity index (χ0n) is 14.0. The fourth-order valence-corrected chi connectivity index (χ4v) is 2.66. The van der Waals surface area contributed by atoms with Crippen molar-refractivity contribution in [2.45, 2.75) is 6.54 Å². The summed E-state index contributed by atoms with van der Waals surface area (Å²) in [7, 11) is 2.97. The number of pyridine rings is 1. The number of amides is 1. The highest BCUT2D eigenvalue weighted by Crippen LogP contribution is 2.28. The number of fused-ring (bicyclic) bond motifs is 1. The molecule has 0 atom stereocenters. The number of aromatic nitrogens is 1. The van der Waals surface area contributed by atoms with Gasteiger partial charge in [-0.2, -0.15) is 0 Å². The van der Waals surface area contributed by atoms with Crippen molar-refractivity contribution in [2.75, 3.05) is 14.2 Å². The molecule has 0 aliphatic carbocycles. The smallest absolute Gasteiger partial charge is 0.259 e. The molecule has 25 heavy (non-hydrogen) atoms. The molecule has 0 saturated carbocycles. The third-order valence-corrected chi connectivity index (χ3v) is 3.92. The summed E-state index contributed by atoms with van der Waals surface area (Å²) in [6.45, 7) is 0.0974. The number of carbonyl (C=O) groups excluding carboxylic acids is 1. The van der Waals surface area contributed by atoms with E-state index in [-0.39, 0.29) is 18.0 Å². The predicted octanol–water partition coefficient (Wildman–Crippen LogP) is 2.48. The van der Waals surface area contributed by atoms with Crippen molar-refractivity contribution in [1.82, 2.24) is 10.3 Å². The number of rotatable bonds is 5. The first-order chi connectivity index (χ1) is 12.1. The van der Waals surface area contributed by atoms with Gasteiger partial charge < -0.3 is 19.8 Å². The Labute approximate surface area is 144 Å². The molecule has 128 valence electrons. The predicted molar refractivity (Wildman–Crippen MR) is 95.3 cm³/mol. The maximum Gasteiger partial charge on any atom is 0.259 e. The van der Waals surface area contributed by atoms with Crippen molar-refractivity contribution in [3.63, 3.8) is 0 Å². The van der Waals surface area contributed by atoms with Gasteiger partial charge in [0.15, 0.2) is 0 Å². The van der Waals surface area contributed by atoms with Crippen LogP contribution in [0.2, 0.25) is 0 Å². The van der Waals surface area contributed by atoms with E-state index in [4.69, 9.17) is 9.47 Å². The lowest BCUT2D eigenvalue weighted by Gasteiger charge is -2.13. The zero-order valence-corrected chi connectivity index (χ0v) is 14.0. The Kier molecular flexibility index (Phi) is 4.70. The number of methoxy groups -OCH3 is 2. The first-order valence-corrected chi connectivity index (χ1v) is 7.74. The van der Waals surface area contributed by atoms with E-state index in [9.17, 15) is 9.59 Å². The van der Waals surface area contributed by atoms with E-state index >= 15 is 0 Å². The number of ether oxygens (including phenoxy) is 2. The van der Waals surface area contributed by atoms with Crippen molar-refractivity contribution in [3.8, 4) is 11.5 Å². The molecule has 1 amide bonds. The highest BCUT2D eigenvalue weighted by molar-refractivity contribution is 5.99. The van der Waals surface area contributed by atoms with Gasteiger partial charge in [-0.05, 0) is 29.7 Å². The Balaban J connectivity index is 1.86. The Hall–Kier alpha value is -3.28. The molecule has 6 nitrogen and oxygen atoms in total. The van der Waals surface area contributed by atoms with Crippen LogP contribution in [0.25, 0.3) is 10.9 Å². The summed E-state index contributed by atoms with van der Waals surface area (Å²) < 4.78 is 10.5. The molecule has 2 N–H and O–H groups in total. The molecule has 6 heteroatoms. The minimum absolute atomic E-state index is 0.0974. The molecule has 0 aliphatic heterocycles. The highest BCUT2D eigenvalue weighted by atomic mass is 16.5. The van der Waals surface area contributed by atoms with Crippen molar-refractivity contribution >= 4 is 16.8 Å². The van der Waals surface area contributed by atoms with Gasteiger partial charge in [0, 0.05) is 17.6 Å². The second kappa shape index (κ2) is 7.09. The lowest BCUT2D eigenvalue weighted by molar-refractivity contribution is 0.0944. The van der Waals surface area contributed by atoms with Crippen LogP contribution in [0, 0.1) is 0 Å². The summed E-state index contributed by atoms with van der Waals surface area (Å²) in [5, 5.41) is 3.66. The normalized spacial score (nSPS) is 10.5. The number of aromatic amines is 1. The molecule has 0 fully saturated rings. The molecular formula is C19H18N2O4. The standard InChI is InChI=1S/C19H18N2O4/c1-24-15-8-5-9-16(25-2)17(15)19(23)20-11-13-10-12-6-3-4-7-14(12)21-18(13)22/h3-10H,11H2,1-2H3,(H,20,23)(H,21,22). The summed E-state index contributed by atoms with van der Waals surface area (Å²) in [6, 6.07) is 14.4. The maximum atomic E-state index is 12.6. The fraction of sp³-hybridized carbons (Fsp3) is 0.158. The molecule has 3 rings (SSSR count). The van der Waals surface area contributed by atoms with Gasteiger partial charge in [-0.3, -0.25) is 9.59 Å². The van der Waals surface area contributed by atoms with E-state index in [0.29, 0.717) is 22.6 Å². The molecule has 1 aromatic heterocycles. The minimum Gasteiger partial charge on any atom is -0.496 e. The number of carbonyl (C=O) groups is 1. The van der Waals surface area contributed by atoms with Gasteiger partial charge in [0.2, 0.25) is 0 Å². The molecule has 2 aromatic carbocycles. The van der Waals surface area contributed by atoms with Crippen LogP contribution in [0.15, 0.2) is 53.3 Å². The van der Waals surface area contributed by atoms with E-state index in [2.05, 4.69) is 10.3 Å².